The molecule has 1 aromatic rings. The maximum absolute atomic E-state index is 11.7. The summed E-state index contributed by atoms with van der Waals surface area (Å²) in [7, 11) is 2.91. The minimum Gasteiger partial charge on any atom is -0.507 e. The first-order chi connectivity index (χ1) is 7.63. The standard InChI is InChI=1S/C12H14O4/c1-4-5-9(13)12-10(14)6-8(15-2)7-11(12)16-3/h4-7,14H,1-3H3/b5-4+. The van der Waals surface area contributed by atoms with Crippen molar-refractivity contribution in [3.8, 4) is 17.2 Å². The highest BCUT2D eigenvalue weighted by atomic mass is 16.5. The van der Waals surface area contributed by atoms with E-state index < -0.39 is 0 Å². The molecule has 0 saturated carbocycles. The lowest BCUT2D eigenvalue weighted by Crippen LogP contribution is -2.00. The van der Waals surface area contributed by atoms with Gasteiger partial charge in [-0.2, -0.15) is 0 Å². The number of benzene rings is 1. The van der Waals surface area contributed by atoms with E-state index >= 15 is 0 Å². The zero-order valence-corrected chi connectivity index (χ0v) is 9.48. The van der Waals surface area contributed by atoms with E-state index in [-0.39, 0.29) is 17.1 Å². The van der Waals surface area contributed by atoms with Gasteiger partial charge in [0.05, 0.1) is 14.2 Å². The summed E-state index contributed by atoms with van der Waals surface area (Å²) in [4.78, 5) is 11.7. The van der Waals surface area contributed by atoms with Gasteiger partial charge in [0.2, 0.25) is 0 Å². The minimum absolute atomic E-state index is 0.140. The van der Waals surface area contributed by atoms with Gasteiger partial charge in [-0.1, -0.05) is 6.08 Å². The van der Waals surface area contributed by atoms with Crippen LogP contribution in [-0.2, 0) is 0 Å². The SMILES string of the molecule is C/C=C/C(=O)c1c(O)cc(OC)cc1OC. The number of hydrogen-bond donors (Lipinski definition) is 1. The van der Waals surface area contributed by atoms with Crippen molar-refractivity contribution < 1.29 is 19.4 Å². The topological polar surface area (TPSA) is 55.8 Å². The van der Waals surface area contributed by atoms with E-state index in [1.165, 1.54) is 26.4 Å². The molecule has 0 radical (unpaired) electrons. The summed E-state index contributed by atoms with van der Waals surface area (Å²) in [5.74, 6) is 0.269. The monoisotopic (exact) mass is 222 g/mol. The average molecular weight is 222 g/mol. The number of aromatic hydroxyl groups is 1. The lowest BCUT2D eigenvalue weighted by molar-refractivity contribution is 0.104. The number of carbonyl (C=O) groups excluding carboxylic acids is 1. The molecule has 1 aromatic carbocycles. The first-order valence-corrected chi connectivity index (χ1v) is 4.76. The number of ketones is 1. The summed E-state index contributed by atoms with van der Waals surface area (Å²) >= 11 is 0. The predicted molar refractivity (Wildman–Crippen MR) is 60.4 cm³/mol. The highest BCUT2D eigenvalue weighted by Gasteiger charge is 2.16. The second-order valence-electron chi connectivity index (χ2n) is 3.09. The summed E-state index contributed by atoms with van der Waals surface area (Å²) in [5.41, 5.74) is 0.140. The number of phenols is 1. The van der Waals surface area contributed by atoms with Crippen molar-refractivity contribution in [1.29, 1.82) is 0 Å². The van der Waals surface area contributed by atoms with E-state index in [9.17, 15) is 9.90 Å². The van der Waals surface area contributed by atoms with Crippen LogP contribution in [0.5, 0.6) is 17.2 Å². The molecule has 0 unspecified atom stereocenters. The molecule has 0 heterocycles. The van der Waals surface area contributed by atoms with E-state index in [4.69, 9.17) is 9.47 Å². The van der Waals surface area contributed by atoms with Crippen LogP contribution in [-0.4, -0.2) is 25.1 Å². The Morgan fingerprint density at radius 1 is 1.31 bits per heavy atom. The van der Waals surface area contributed by atoms with Crippen molar-refractivity contribution >= 4 is 5.78 Å². The number of methoxy groups -OCH3 is 2. The van der Waals surface area contributed by atoms with Gasteiger partial charge in [-0.15, -0.1) is 0 Å². The van der Waals surface area contributed by atoms with Crippen molar-refractivity contribution in [2.45, 2.75) is 6.92 Å². The summed E-state index contributed by atoms with van der Waals surface area (Å²) in [6, 6.07) is 2.93. The Labute approximate surface area is 94.1 Å². The van der Waals surface area contributed by atoms with Gasteiger partial charge in [-0.3, -0.25) is 4.79 Å². The Morgan fingerprint density at radius 2 is 2.00 bits per heavy atom. The van der Waals surface area contributed by atoms with Gasteiger partial charge >= 0.3 is 0 Å². The van der Waals surface area contributed by atoms with Crippen LogP contribution >= 0.6 is 0 Å². The van der Waals surface area contributed by atoms with Crippen LogP contribution in [0.4, 0.5) is 0 Å². The fraction of sp³-hybridized carbons (Fsp3) is 0.250. The third-order valence-corrected chi connectivity index (χ3v) is 2.07. The van der Waals surface area contributed by atoms with Crippen LogP contribution in [0.2, 0.25) is 0 Å². The summed E-state index contributed by atoms with van der Waals surface area (Å²) in [6.45, 7) is 1.73. The third kappa shape index (κ3) is 2.34. The largest absolute Gasteiger partial charge is 0.507 e. The Kier molecular flexibility index (Phi) is 3.94. The predicted octanol–water partition coefficient (Wildman–Crippen LogP) is 2.17. The van der Waals surface area contributed by atoms with E-state index in [0.717, 1.165) is 0 Å². The minimum atomic E-state index is -0.306. The third-order valence-electron chi connectivity index (χ3n) is 2.07. The van der Waals surface area contributed by atoms with E-state index in [1.807, 2.05) is 0 Å². The molecule has 0 spiro atoms. The molecular weight excluding hydrogens is 208 g/mol. The smallest absolute Gasteiger partial charge is 0.192 e. The van der Waals surface area contributed by atoms with Crippen molar-refractivity contribution in [1.82, 2.24) is 0 Å². The average Bonchev–Trinajstić information content (AvgIpc) is 2.27. The van der Waals surface area contributed by atoms with E-state index in [0.29, 0.717) is 11.5 Å². The molecule has 0 bridgehead atoms. The molecule has 4 nitrogen and oxygen atoms in total. The Morgan fingerprint density at radius 3 is 2.50 bits per heavy atom. The molecule has 0 aliphatic carbocycles. The molecule has 1 N–H and O–H groups in total. The lowest BCUT2D eigenvalue weighted by Gasteiger charge is -2.10. The fourth-order valence-corrected chi connectivity index (χ4v) is 1.34. The normalized spacial score (nSPS) is 10.4. The van der Waals surface area contributed by atoms with Gasteiger partial charge in [-0.05, 0) is 13.0 Å². The van der Waals surface area contributed by atoms with Crippen LogP contribution in [0.25, 0.3) is 0 Å². The second-order valence-corrected chi connectivity index (χ2v) is 3.09. The number of phenolic OH excluding ortho intramolecular Hbond substituents is 1. The second kappa shape index (κ2) is 5.21. The van der Waals surface area contributed by atoms with Crippen LogP contribution in [0.1, 0.15) is 17.3 Å². The summed E-state index contributed by atoms with van der Waals surface area (Å²) in [6.07, 6.45) is 2.97. The zero-order valence-electron chi connectivity index (χ0n) is 9.48. The van der Waals surface area contributed by atoms with Gasteiger partial charge in [0.15, 0.2) is 5.78 Å². The first-order valence-electron chi connectivity index (χ1n) is 4.76. The molecule has 4 heteroatoms. The summed E-state index contributed by atoms with van der Waals surface area (Å²) in [5, 5.41) is 9.72. The molecule has 0 aromatic heterocycles. The zero-order chi connectivity index (χ0) is 12.1. The summed E-state index contributed by atoms with van der Waals surface area (Å²) < 4.78 is 10.0. The van der Waals surface area contributed by atoms with Crippen molar-refractivity contribution in [2.24, 2.45) is 0 Å². The molecule has 0 fully saturated rings. The van der Waals surface area contributed by atoms with Crippen LogP contribution < -0.4 is 9.47 Å². The maximum Gasteiger partial charge on any atom is 0.192 e. The molecule has 0 saturated heterocycles. The number of hydrogen-bond acceptors (Lipinski definition) is 4. The van der Waals surface area contributed by atoms with Gasteiger partial charge in [-0.25, -0.2) is 0 Å². The highest BCUT2D eigenvalue weighted by molar-refractivity contribution is 6.08. The number of rotatable bonds is 4. The highest BCUT2D eigenvalue weighted by Crippen LogP contribution is 2.33. The fourth-order valence-electron chi connectivity index (χ4n) is 1.34. The van der Waals surface area contributed by atoms with Crippen LogP contribution in [0.15, 0.2) is 24.3 Å². The lowest BCUT2D eigenvalue weighted by atomic mass is 10.1. The van der Waals surface area contributed by atoms with E-state index in [1.54, 1.807) is 19.1 Å². The van der Waals surface area contributed by atoms with Crippen LogP contribution in [0, 0.1) is 0 Å². The van der Waals surface area contributed by atoms with Gasteiger partial charge in [0, 0.05) is 12.1 Å². The Balaban J connectivity index is 3.32. The Hall–Kier alpha value is -1.97. The van der Waals surface area contributed by atoms with E-state index in [2.05, 4.69) is 0 Å². The molecule has 16 heavy (non-hydrogen) atoms. The van der Waals surface area contributed by atoms with Crippen molar-refractivity contribution in [3.05, 3.63) is 29.8 Å². The molecule has 86 valence electrons. The van der Waals surface area contributed by atoms with Crippen molar-refractivity contribution in [3.63, 3.8) is 0 Å². The number of carbonyl (C=O) groups is 1. The van der Waals surface area contributed by atoms with Gasteiger partial charge in [0.25, 0.3) is 0 Å². The Bertz CT molecular complexity index is 421. The van der Waals surface area contributed by atoms with Gasteiger partial charge in [0.1, 0.15) is 22.8 Å². The number of ether oxygens (including phenoxy) is 2. The van der Waals surface area contributed by atoms with Crippen LogP contribution in [0.3, 0.4) is 0 Å². The molecule has 0 amide bonds. The molecular formula is C12H14O4. The quantitative estimate of drug-likeness (QED) is 0.626. The molecule has 1 rings (SSSR count). The maximum atomic E-state index is 11.7. The molecule has 0 aliphatic rings. The first kappa shape index (κ1) is 12.1. The number of allylic oxidation sites excluding steroid dienone is 2. The van der Waals surface area contributed by atoms with Crippen molar-refractivity contribution in [2.75, 3.05) is 14.2 Å². The van der Waals surface area contributed by atoms with Gasteiger partial charge < -0.3 is 14.6 Å². The molecule has 0 aliphatic heterocycles. The molecule has 0 atom stereocenters.